The molecule has 0 saturated carbocycles. The number of amides is 1. The molecule has 1 unspecified atom stereocenters. The molecule has 1 amide bonds. The van der Waals surface area contributed by atoms with E-state index >= 15 is 0 Å². The normalized spacial score (nSPS) is 12.9. The number of rotatable bonds is 6. The van der Waals surface area contributed by atoms with Gasteiger partial charge >= 0.3 is 12.1 Å². The number of aldehydes is 1. The summed E-state index contributed by atoms with van der Waals surface area (Å²) in [5.74, 6) is -1.04. The van der Waals surface area contributed by atoms with E-state index < -0.39 is 17.0 Å². The van der Waals surface area contributed by atoms with Crippen LogP contribution in [-0.4, -0.2) is 23.5 Å². The number of primary amides is 1. The molecule has 0 aliphatic heterocycles. The van der Waals surface area contributed by atoms with Gasteiger partial charge in [0.1, 0.15) is 0 Å². The van der Waals surface area contributed by atoms with Gasteiger partial charge in [0.25, 0.3) is 0 Å². The smallest absolute Gasteiger partial charge is 0.406 e. The lowest BCUT2D eigenvalue weighted by atomic mass is 9.95. The summed E-state index contributed by atoms with van der Waals surface area (Å²) in [5, 5.41) is 12.4. The summed E-state index contributed by atoms with van der Waals surface area (Å²) in [5.41, 5.74) is 6.49. The maximum atomic E-state index is 11.9. The van der Waals surface area contributed by atoms with E-state index in [9.17, 15) is 19.5 Å². The molecule has 3 N–H and O–H groups in total. The van der Waals surface area contributed by atoms with E-state index in [1.54, 1.807) is 43.3 Å². The first-order valence-electron chi connectivity index (χ1n) is 9.74. The van der Waals surface area contributed by atoms with Gasteiger partial charge in [-0.2, -0.15) is 0 Å². The van der Waals surface area contributed by atoms with Crippen LogP contribution >= 0.6 is 11.8 Å². The van der Waals surface area contributed by atoms with Crippen molar-refractivity contribution in [3.63, 3.8) is 0 Å². The van der Waals surface area contributed by atoms with E-state index in [1.807, 2.05) is 30.3 Å². The predicted molar refractivity (Wildman–Crippen MR) is 124 cm³/mol. The fourth-order valence-corrected chi connectivity index (χ4v) is 5.26. The van der Waals surface area contributed by atoms with Crippen LogP contribution in [0.2, 0.25) is 0 Å². The predicted octanol–water partition coefficient (Wildman–Crippen LogP) is 5.56. The largest absolute Gasteiger partial charge is 0.478 e. The zero-order valence-electron chi connectivity index (χ0n) is 17.1. The zero-order chi connectivity index (χ0) is 22.9. The monoisotopic (exact) mass is 445 g/mol. The van der Waals surface area contributed by atoms with Gasteiger partial charge in [-0.3, -0.25) is 4.79 Å². The summed E-state index contributed by atoms with van der Waals surface area (Å²) in [6, 6.07) is 21.3. The van der Waals surface area contributed by atoms with Gasteiger partial charge in [-0.15, -0.1) is 0 Å². The van der Waals surface area contributed by atoms with Crippen molar-refractivity contribution in [3.8, 4) is 0 Å². The number of carboxylic acid groups (broad SMARTS) is 1. The third-order valence-corrected chi connectivity index (χ3v) is 6.51. The summed E-state index contributed by atoms with van der Waals surface area (Å²) in [6.45, 7) is 1.68. The topological polar surface area (TPSA) is 107 Å². The number of ether oxygens (including phenoxy) is 1. The van der Waals surface area contributed by atoms with Crippen LogP contribution < -0.4 is 5.73 Å². The number of hydrogen-bond acceptors (Lipinski definition) is 5. The zero-order valence-corrected chi connectivity index (χ0v) is 17.9. The van der Waals surface area contributed by atoms with Gasteiger partial charge in [0.15, 0.2) is 11.2 Å². The molecule has 0 bridgehead atoms. The molecule has 160 valence electrons. The van der Waals surface area contributed by atoms with Crippen LogP contribution in [0.4, 0.5) is 4.79 Å². The van der Waals surface area contributed by atoms with Crippen LogP contribution in [0.1, 0.15) is 33.2 Å². The highest BCUT2D eigenvalue weighted by Crippen LogP contribution is 2.48. The average Bonchev–Trinajstić information content (AvgIpc) is 2.77. The molecule has 0 aliphatic carbocycles. The standard InChI is InChI=1S/C25H19NO5S/c1-25(31-24(26)30,22-16(14-27)11-10-15-6-2-3-7-17(15)22)32-21-13-12-20(23(28)29)18-8-4-5-9-19(18)21/h2-14H,1H3,(H2,26,30)(H,28,29). The van der Waals surface area contributed by atoms with Gasteiger partial charge in [0.2, 0.25) is 0 Å². The maximum Gasteiger partial charge on any atom is 0.406 e. The van der Waals surface area contributed by atoms with Crippen molar-refractivity contribution in [2.45, 2.75) is 16.8 Å². The Morgan fingerprint density at radius 2 is 1.59 bits per heavy atom. The summed E-state index contributed by atoms with van der Waals surface area (Å²) in [4.78, 5) is 34.9. The Hall–Kier alpha value is -3.84. The van der Waals surface area contributed by atoms with Gasteiger partial charge in [0, 0.05) is 16.0 Å². The second kappa shape index (κ2) is 8.36. The first-order valence-corrected chi connectivity index (χ1v) is 10.6. The maximum absolute atomic E-state index is 11.9. The Morgan fingerprint density at radius 3 is 2.25 bits per heavy atom. The summed E-state index contributed by atoms with van der Waals surface area (Å²) < 4.78 is 5.63. The molecular formula is C25H19NO5S. The van der Waals surface area contributed by atoms with Crippen molar-refractivity contribution in [2.75, 3.05) is 0 Å². The van der Waals surface area contributed by atoms with Crippen molar-refractivity contribution >= 4 is 51.7 Å². The van der Waals surface area contributed by atoms with Gasteiger partial charge in [0.05, 0.1) is 5.56 Å². The fraction of sp³-hybridized carbons (Fsp3) is 0.0800. The van der Waals surface area contributed by atoms with Crippen LogP contribution in [0.15, 0.2) is 77.7 Å². The molecule has 4 aromatic carbocycles. The minimum atomic E-state index is -1.36. The van der Waals surface area contributed by atoms with E-state index in [-0.39, 0.29) is 5.56 Å². The van der Waals surface area contributed by atoms with Crippen LogP contribution in [0.25, 0.3) is 21.5 Å². The molecule has 4 aromatic rings. The van der Waals surface area contributed by atoms with Gasteiger partial charge in [-0.25, -0.2) is 9.59 Å². The van der Waals surface area contributed by atoms with Crippen molar-refractivity contribution < 1.29 is 24.2 Å². The van der Waals surface area contributed by atoms with E-state index in [4.69, 9.17) is 10.5 Å². The van der Waals surface area contributed by atoms with Crippen LogP contribution in [0.3, 0.4) is 0 Å². The first-order chi connectivity index (χ1) is 15.3. The van der Waals surface area contributed by atoms with E-state index in [0.717, 1.165) is 17.1 Å². The Labute approximate surface area is 188 Å². The molecule has 32 heavy (non-hydrogen) atoms. The van der Waals surface area contributed by atoms with E-state index in [0.29, 0.717) is 26.8 Å². The van der Waals surface area contributed by atoms with Crippen LogP contribution in [0.5, 0.6) is 0 Å². The highest BCUT2D eigenvalue weighted by atomic mass is 32.2. The van der Waals surface area contributed by atoms with Crippen molar-refractivity contribution in [2.24, 2.45) is 5.73 Å². The van der Waals surface area contributed by atoms with Crippen LogP contribution in [0, 0.1) is 0 Å². The highest BCUT2D eigenvalue weighted by Gasteiger charge is 2.36. The number of hydrogen-bond donors (Lipinski definition) is 2. The minimum Gasteiger partial charge on any atom is -0.478 e. The highest BCUT2D eigenvalue weighted by molar-refractivity contribution is 8.00. The Bertz CT molecular complexity index is 1380. The lowest BCUT2D eigenvalue weighted by molar-refractivity contribution is 0.0698. The number of nitrogens with two attached hydrogens (primary N) is 1. The van der Waals surface area contributed by atoms with Gasteiger partial charge < -0.3 is 15.6 Å². The second-order valence-corrected chi connectivity index (χ2v) is 8.72. The summed E-state index contributed by atoms with van der Waals surface area (Å²) >= 11 is 1.19. The molecule has 0 aromatic heterocycles. The van der Waals surface area contributed by atoms with E-state index in [1.165, 1.54) is 17.8 Å². The molecule has 0 spiro atoms. The third kappa shape index (κ3) is 3.78. The number of carboxylic acids is 1. The molecule has 4 rings (SSSR count). The van der Waals surface area contributed by atoms with Crippen molar-refractivity contribution in [1.29, 1.82) is 0 Å². The SMILES string of the molecule is CC(OC(N)=O)(Sc1ccc(C(=O)O)c2ccccc12)c1c(C=O)ccc2ccccc12. The Morgan fingerprint density at radius 1 is 0.938 bits per heavy atom. The number of fused-ring (bicyclic) bond motifs is 2. The number of carbonyl (C=O) groups is 3. The average molecular weight is 445 g/mol. The molecule has 1 atom stereocenters. The molecule has 0 heterocycles. The molecule has 0 saturated heterocycles. The third-order valence-electron chi connectivity index (χ3n) is 5.26. The summed E-state index contributed by atoms with van der Waals surface area (Å²) in [6.07, 6.45) is -0.271. The molecule has 0 radical (unpaired) electrons. The lowest BCUT2D eigenvalue weighted by Gasteiger charge is -2.31. The first kappa shape index (κ1) is 21.4. The van der Waals surface area contributed by atoms with Crippen LogP contribution in [-0.2, 0) is 9.67 Å². The number of thioether (sulfide) groups is 1. The number of aromatic carboxylic acids is 1. The number of carbonyl (C=O) groups excluding carboxylic acids is 2. The van der Waals surface area contributed by atoms with Crippen molar-refractivity contribution in [3.05, 3.63) is 89.5 Å². The van der Waals surface area contributed by atoms with Crippen molar-refractivity contribution in [1.82, 2.24) is 0 Å². The Kier molecular flexibility index (Phi) is 5.59. The van der Waals surface area contributed by atoms with Gasteiger partial charge in [-0.05, 0) is 40.6 Å². The second-order valence-electron chi connectivity index (χ2n) is 7.30. The molecule has 7 heteroatoms. The molecule has 6 nitrogen and oxygen atoms in total. The molecular weight excluding hydrogens is 426 g/mol. The molecule has 0 aliphatic rings. The quantitative estimate of drug-likeness (QED) is 0.228. The summed E-state index contributed by atoms with van der Waals surface area (Å²) in [7, 11) is 0. The number of benzene rings is 4. The minimum absolute atomic E-state index is 0.168. The molecule has 0 fully saturated rings. The lowest BCUT2D eigenvalue weighted by Crippen LogP contribution is -2.30. The van der Waals surface area contributed by atoms with E-state index in [2.05, 4.69) is 0 Å². The fourth-order valence-electron chi connectivity index (χ4n) is 3.97. The Balaban J connectivity index is 1.97. The van der Waals surface area contributed by atoms with Gasteiger partial charge in [-0.1, -0.05) is 72.4 Å².